The van der Waals surface area contributed by atoms with Gasteiger partial charge in [-0.15, -0.1) is 0 Å². The number of rotatable bonds is 2. The highest BCUT2D eigenvalue weighted by Gasteiger charge is 2.24. The van der Waals surface area contributed by atoms with Crippen LogP contribution in [0.5, 0.6) is 5.75 Å². The van der Waals surface area contributed by atoms with Crippen molar-refractivity contribution in [3.63, 3.8) is 0 Å². The topological polar surface area (TPSA) is 135 Å². The highest BCUT2D eigenvalue weighted by Crippen LogP contribution is 2.38. The van der Waals surface area contributed by atoms with Gasteiger partial charge in [-0.2, -0.15) is 10.5 Å². The molecule has 4 N–H and O–H groups in total. The maximum atomic E-state index is 12.5. The van der Waals surface area contributed by atoms with Crippen molar-refractivity contribution in [2.45, 2.75) is 0 Å². The number of phenols is 1. The minimum Gasteiger partial charge on any atom is -0.507 e. The summed E-state index contributed by atoms with van der Waals surface area (Å²) in [7, 11) is 1.38. The van der Waals surface area contributed by atoms with E-state index in [1.807, 2.05) is 12.1 Å². The van der Waals surface area contributed by atoms with Crippen LogP contribution in [0.2, 0.25) is 5.02 Å². The molecule has 0 aliphatic rings. The quantitative estimate of drug-likeness (QED) is 0.561. The van der Waals surface area contributed by atoms with Gasteiger partial charge >= 0.3 is 0 Å². The van der Waals surface area contributed by atoms with Crippen molar-refractivity contribution in [3.05, 3.63) is 52.0 Å². The molecule has 124 valence electrons. The monoisotopic (exact) mass is 353 g/mol. The molecule has 0 bridgehead atoms. The van der Waals surface area contributed by atoms with Gasteiger partial charge in [0.1, 0.15) is 11.8 Å². The SMILES string of the molecule is CN=C(N)NC(=O)c1c(O)ccc(C#N)c1-c1cccc(C#N)c1Cl. The first-order valence-corrected chi connectivity index (χ1v) is 7.31. The van der Waals surface area contributed by atoms with Crippen LogP contribution in [-0.2, 0) is 0 Å². The number of nitrogens with two attached hydrogens (primary N) is 1. The van der Waals surface area contributed by atoms with E-state index in [2.05, 4.69) is 10.3 Å². The average molecular weight is 354 g/mol. The molecule has 1 amide bonds. The molecular weight excluding hydrogens is 342 g/mol. The lowest BCUT2D eigenvalue weighted by Crippen LogP contribution is -2.37. The Morgan fingerprint density at radius 3 is 2.52 bits per heavy atom. The molecule has 7 nitrogen and oxygen atoms in total. The highest BCUT2D eigenvalue weighted by molar-refractivity contribution is 6.35. The average Bonchev–Trinajstić information content (AvgIpc) is 2.61. The smallest absolute Gasteiger partial charge is 0.262 e. The molecule has 25 heavy (non-hydrogen) atoms. The summed E-state index contributed by atoms with van der Waals surface area (Å²) in [5.41, 5.74) is 5.96. The summed E-state index contributed by atoms with van der Waals surface area (Å²) in [4.78, 5) is 16.1. The number of hydrogen-bond donors (Lipinski definition) is 3. The van der Waals surface area contributed by atoms with Gasteiger partial charge in [0.25, 0.3) is 5.91 Å². The fraction of sp³-hybridized carbons (Fsp3) is 0.0588. The van der Waals surface area contributed by atoms with Crippen molar-refractivity contribution in [1.82, 2.24) is 5.32 Å². The van der Waals surface area contributed by atoms with Gasteiger partial charge in [-0.25, -0.2) is 0 Å². The van der Waals surface area contributed by atoms with Crippen molar-refractivity contribution < 1.29 is 9.90 Å². The van der Waals surface area contributed by atoms with Crippen LogP contribution in [0.4, 0.5) is 0 Å². The second-order valence-corrected chi connectivity index (χ2v) is 5.21. The fourth-order valence-electron chi connectivity index (χ4n) is 2.24. The summed E-state index contributed by atoms with van der Waals surface area (Å²) in [5.74, 6) is -1.28. The molecule has 0 unspecified atom stereocenters. The first kappa shape index (κ1) is 17.8. The van der Waals surface area contributed by atoms with Crippen LogP contribution in [0.3, 0.4) is 0 Å². The fourth-order valence-corrected chi connectivity index (χ4v) is 2.50. The Kier molecular flexibility index (Phi) is 5.23. The molecule has 0 aromatic heterocycles. The molecule has 0 saturated heterocycles. The summed E-state index contributed by atoms with van der Waals surface area (Å²) in [6, 6.07) is 11.1. The third kappa shape index (κ3) is 3.37. The van der Waals surface area contributed by atoms with E-state index in [9.17, 15) is 15.2 Å². The molecule has 0 heterocycles. The Labute approximate surface area is 148 Å². The van der Waals surface area contributed by atoms with Crippen LogP contribution in [-0.4, -0.2) is 24.0 Å². The van der Waals surface area contributed by atoms with Gasteiger partial charge in [-0.05, 0) is 18.2 Å². The number of guanidine groups is 1. The van der Waals surface area contributed by atoms with Gasteiger partial charge in [-0.1, -0.05) is 23.7 Å². The van der Waals surface area contributed by atoms with E-state index in [1.54, 1.807) is 12.1 Å². The second-order valence-electron chi connectivity index (χ2n) is 4.84. The van der Waals surface area contributed by atoms with E-state index in [4.69, 9.17) is 22.6 Å². The van der Waals surface area contributed by atoms with E-state index < -0.39 is 5.91 Å². The van der Waals surface area contributed by atoms with E-state index in [-0.39, 0.29) is 44.5 Å². The Bertz CT molecular complexity index is 970. The lowest BCUT2D eigenvalue weighted by Gasteiger charge is -2.15. The third-order valence-electron chi connectivity index (χ3n) is 3.40. The number of hydrogen-bond acceptors (Lipinski definition) is 5. The van der Waals surface area contributed by atoms with Crippen LogP contribution < -0.4 is 11.1 Å². The van der Waals surface area contributed by atoms with Crippen LogP contribution in [0.15, 0.2) is 35.3 Å². The number of carbonyl (C=O) groups is 1. The van der Waals surface area contributed by atoms with Gasteiger partial charge in [0, 0.05) is 18.2 Å². The zero-order valence-electron chi connectivity index (χ0n) is 13.0. The summed E-state index contributed by atoms with van der Waals surface area (Å²) in [6.07, 6.45) is 0. The molecule has 0 fully saturated rings. The molecule has 0 aliphatic carbocycles. The number of carbonyl (C=O) groups excluding carboxylic acids is 1. The number of nitrogens with one attached hydrogen (secondary N) is 1. The number of nitriles is 2. The summed E-state index contributed by atoms with van der Waals surface area (Å²) in [6.45, 7) is 0. The van der Waals surface area contributed by atoms with Gasteiger partial charge in [0.05, 0.1) is 27.8 Å². The van der Waals surface area contributed by atoms with Gasteiger partial charge in [0.2, 0.25) is 0 Å². The Balaban J connectivity index is 2.82. The lowest BCUT2D eigenvalue weighted by molar-refractivity contribution is 0.0974. The van der Waals surface area contributed by atoms with E-state index in [0.29, 0.717) is 0 Å². The molecule has 2 aromatic carbocycles. The normalized spacial score (nSPS) is 10.6. The zero-order chi connectivity index (χ0) is 18.6. The largest absolute Gasteiger partial charge is 0.507 e. The molecule has 0 saturated carbocycles. The molecule has 0 atom stereocenters. The Morgan fingerprint density at radius 2 is 1.92 bits per heavy atom. The van der Waals surface area contributed by atoms with E-state index >= 15 is 0 Å². The number of aliphatic imine (C=N–C) groups is 1. The van der Waals surface area contributed by atoms with Crippen LogP contribution >= 0.6 is 11.6 Å². The van der Waals surface area contributed by atoms with Crippen molar-refractivity contribution in [1.29, 1.82) is 10.5 Å². The highest BCUT2D eigenvalue weighted by atomic mass is 35.5. The van der Waals surface area contributed by atoms with Gasteiger partial charge in [-0.3, -0.25) is 15.1 Å². The standard InChI is InChI=1S/C17H12ClN5O2/c1-22-17(21)23-16(25)14-12(24)6-5-9(7-19)13(14)11-4-2-3-10(8-20)15(11)18/h2-6,24H,1H3,(H3,21,22,23,25). The van der Waals surface area contributed by atoms with Crippen molar-refractivity contribution >= 4 is 23.5 Å². The molecule has 0 radical (unpaired) electrons. The summed E-state index contributed by atoms with van der Waals surface area (Å²) in [5, 5.41) is 31.1. The number of benzene rings is 2. The number of aromatic hydroxyl groups is 1. The predicted molar refractivity (Wildman–Crippen MR) is 93.0 cm³/mol. The van der Waals surface area contributed by atoms with Crippen molar-refractivity contribution in [3.8, 4) is 29.0 Å². The number of nitrogens with zero attached hydrogens (tertiary/aromatic N) is 3. The summed E-state index contributed by atoms with van der Waals surface area (Å²) >= 11 is 6.24. The lowest BCUT2D eigenvalue weighted by atomic mass is 9.92. The Morgan fingerprint density at radius 1 is 1.24 bits per heavy atom. The van der Waals surface area contributed by atoms with Gasteiger partial charge < -0.3 is 10.8 Å². The Hall–Kier alpha value is -3.55. The molecule has 0 spiro atoms. The predicted octanol–water partition coefficient (Wildman–Crippen LogP) is 2.13. The molecule has 0 aliphatic heterocycles. The van der Waals surface area contributed by atoms with Crippen LogP contribution in [0.25, 0.3) is 11.1 Å². The minimum atomic E-state index is -0.758. The van der Waals surface area contributed by atoms with E-state index in [0.717, 1.165) is 0 Å². The third-order valence-corrected chi connectivity index (χ3v) is 3.81. The van der Waals surface area contributed by atoms with E-state index in [1.165, 1.54) is 25.2 Å². The minimum absolute atomic E-state index is 0.0679. The number of amides is 1. The van der Waals surface area contributed by atoms with Gasteiger partial charge in [0.15, 0.2) is 5.96 Å². The maximum absolute atomic E-state index is 12.5. The molecular formula is C17H12ClN5O2. The van der Waals surface area contributed by atoms with Crippen LogP contribution in [0, 0.1) is 22.7 Å². The summed E-state index contributed by atoms with van der Waals surface area (Å²) < 4.78 is 0. The van der Waals surface area contributed by atoms with Crippen molar-refractivity contribution in [2.24, 2.45) is 10.7 Å². The first-order valence-electron chi connectivity index (χ1n) is 6.93. The van der Waals surface area contributed by atoms with Crippen LogP contribution in [0.1, 0.15) is 21.5 Å². The molecule has 2 aromatic rings. The maximum Gasteiger partial charge on any atom is 0.262 e. The number of phenolic OH excluding ortho intramolecular Hbond substituents is 1. The zero-order valence-corrected chi connectivity index (χ0v) is 13.8. The first-order chi connectivity index (χ1) is 11.9. The molecule has 2 rings (SSSR count). The second kappa shape index (κ2) is 7.35. The number of halogens is 1. The van der Waals surface area contributed by atoms with Crippen molar-refractivity contribution in [2.75, 3.05) is 7.05 Å². The molecule has 8 heteroatoms.